The summed E-state index contributed by atoms with van der Waals surface area (Å²) < 4.78 is 10.6. The maximum Gasteiger partial charge on any atom is 0.342 e. The molecule has 164 valence electrons. The standard InChI is InChI=1S/C23H25NO6S/c1-13(2)30-23(28)19-18(14-8-10-15(29-3)11-9-14)12-31-21(19)24-20(25)16-6-4-5-7-17(16)22(26)27/h4-5,8-13,16-17H,6-7H2,1-3H3,(H,24,25)(H,26,27)/t16-,17+/m0/s1. The summed E-state index contributed by atoms with van der Waals surface area (Å²) in [6.07, 6.45) is 3.90. The third-order valence-corrected chi connectivity index (χ3v) is 5.96. The molecule has 0 saturated heterocycles. The highest BCUT2D eigenvalue weighted by Crippen LogP contribution is 2.38. The van der Waals surface area contributed by atoms with E-state index in [9.17, 15) is 19.5 Å². The maximum atomic E-state index is 12.9. The number of allylic oxidation sites excluding steroid dienone is 2. The van der Waals surface area contributed by atoms with Crippen LogP contribution in [0.25, 0.3) is 11.1 Å². The summed E-state index contributed by atoms with van der Waals surface area (Å²) in [5.41, 5.74) is 1.67. The van der Waals surface area contributed by atoms with E-state index >= 15 is 0 Å². The molecular weight excluding hydrogens is 418 g/mol. The third kappa shape index (κ3) is 5.14. The number of amides is 1. The molecule has 1 aromatic carbocycles. The minimum absolute atomic E-state index is 0.260. The van der Waals surface area contributed by atoms with Crippen molar-refractivity contribution in [1.82, 2.24) is 0 Å². The summed E-state index contributed by atoms with van der Waals surface area (Å²) in [7, 11) is 1.57. The average molecular weight is 444 g/mol. The number of hydrogen-bond donors (Lipinski definition) is 2. The topological polar surface area (TPSA) is 102 Å². The molecule has 7 nitrogen and oxygen atoms in total. The van der Waals surface area contributed by atoms with Crippen molar-refractivity contribution in [2.45, 2.75) is 32.8 Å². The van der Waals surface area contributed by atoms with E-state index in [0.717, 1.165) is 5.56 Å². The molecule has 2 aromatic rings. The Bertz CT molecular complexity index is 992. The van der Waals surface area contributed by atoms with E-state index in [4.69, 9.17) is 9.47 Å². The van der Waals surface area contributed by atoms with E-state index in [-0.39, 0.29) is 11.7 Å². The molecule has 0 spiro atoms. The number of nitrogens with one attached hydrogen (secondary N) is 1. The fourth-order valence-corrected chi connectivity index (χ4v) is 4.45. The maximum absolute atomic E-state index is 12.9. The van der Waals surface area contributed by atoms with Gasteiger partial charge in [0.2, 0.25) is 5.91 Å². The van der Waals surface area contributed by atoms with Gasteiger partial charge >= 0.3 is 11.9 Å². The molecule has 1 aromatic heterocycles. The lowest BCUT2D eigenvalue weighted by Crippen LogP contribution is -2.34. The molecule has 0 radical (unpaired) electrons. The van der Waals surface area contributed by atoms with Crippen LogP contribution in [0.3, 0.4) is 0 Å². The zero-order valence-corrected chi connectivity index (χ0v) is 18.4. The number of thiophene rings is 1. The number of carboxylic acids is 1. The molecule has 0 unspecified atom stereocenters. The first-order valence-electron chi connectivity index (χ1n) is 9.97. The van der Waals surface area contributed by atoms with E-state index in [1.54, 1.807) is 44.5 Å². The van der Waals surface area contributed by atoms with Crippen LogP contribution in [0.2, 0.25) is 0 Å². The Morgan fingerprint density at radius 2 is 1.74 bits per heavy atom. The van der Waals surface area contributed by atoms with Crippen molar-refractivity contribution in [3.8, 4) is 16.9 Å². The Morgan fingerprint density at radius 1 is 1.10 bits per heavy atom. The number of carbonyl (C=O) groups excluding carboxylic acids is 2. The van der Waals surface area contributed by atoms with Crippen LogP contribution < -0.4 is 10.1 Å². The van der Waals surface area contributed by atoms with Gasteiger partial charge in [-0.25, -0.2) is 4.79 Å². The first-order chi connectivity index (χ1) is 14.8. The van der Waals surface area contributed by atoms with Crippen molar-refractivity contribution < 1.29 is 29.0 Å². The highest BCUT2D eigenvalue weighted by Gasteiger charge is 2.35. The Labute approximate surface area is 184 Å². The Hall–Kier alpha value is -3.13. The predicted octanol–water partition coefficient (Wildman–Crippen LogP) is 4.59. The van der Waals surface area contributed by atoms with Crippen LogP contribution in [-0.4, -0.2) is 36.2 Å². The molecule has 2 atom stereocenters. The van der Waals surface area contributed by atoms with E-state index in [0.29, 0.717) is 29.2 Å². The molecular formula is C23H25NO6S. The van der Waals surface area contributed by atoms with E-state index < -0.39 is 29.7 Å². The van der Waals surface area contributed by atoms with E-state index in [1.807, 2.05) is 18.2 Å². The molecule has 1 amide bonds. The Morgan fingerprint density at radius 3 is 2.32 bits per heavy atom. The normalized spacial score (nSPS) is 17.9. The number of esters is 1. The monoisotopic (exact) mass is 443 g/mol. The first kappa shape index (κ1) is 22.6. The zero-order chi connectivity index (χ0) is 22.5. The van der Waals surface area contributed by atoms with Crippen LogP contribution in [0.1, 0.15) is 37.0 Å². The summed E-state index contributed by atoms with van der Waals surface area (Å²) >= 11 is 1.21. The van der Waals surface area contributed by atoms with Gasteiger partial charge in [0, 0.05) is 10.9 Å². The van der Waals surface area contributed by atoms with Gasteiger partial charge in [0.1, 0.15) is 16.3 Å². The zero-order valence-electron chi connectivity index (χ0n) is 17.6. The fourth-order valence-electron chi connectivity index (χ4n) is 3.49. The van der Waals surface area contributed by atoms with Gasteiger partial charge in [0.05, 0.1) is 25.0 Å². The first-order valence-corrected chi connectivity index (χ1v) is 10.8. The second-order valence-corrected chi connectivity index (χ2v) is 8.40. The van der Waals surface area contributed by atoms with Crippen LogP contribution in [0.5, 0.6) is 5.75 Å². The molecule has 0 fully saturated rings. The third-order valence-electron chi connectivity index (χ3n) is 5.06. The summed E-state index contributed by atoms with van der Waals surface area (Å²) in [6.45, 7) is 3.50. The molecule has 31 heavy (non-hydrogen) atoms. The quantitative estimate of drug-likeness (QED) is 0.479. The second kappa shape index (κ2) is 9.78. The molecule has 3 rings (SSSR count). The van der Waals surface area contributed by atoms with Crippen LogP contribution >= 0.6 is 11.3 Å². The largest absolute Gasteiger partial charge is 0.497 e. The van der Waals surface area contributed by atoms with E-state index in [1.165, 1.54) is 11.3 Å². The molecule has 8 heteroatoms. The summed E-state index contributed by atoms with van der Waals surface area (Å²) in [6, 6.07) is 7.22. The number of rotatable bonds is 7. The van der Waals surface area contributed by atoms with Gasteiger partial charge in [0.25, 0.3) is 0 Å². The van der Waals surface area contributed by atoms with Gasteiger partial charge in [0.15, 0.2) is 0 Å². The van der Waals surface area contributed by atoms with Crippen molar-refractivity contribution in [2.75, 3.05) is 12.4 Å². The van der Waals surface area contributed by atoms with Crippen LogP contribution in [-0.2, 0) is 14.3 Å². The number of anilines is 1. The van der Waals surface area contributed by atoms with Crippen molar-refractivity contribution >= 4 is 34.2 Å². The van der Waals surface area contributed by atoms with Gasteiger partial charge in [-0.2, -0.15) is 0 Å². The summed E-state index contributed by atoms with van der Waals surface area (Å²) in [4.78, 5) is 37.4. The van der Waals surface area contributed by atoms with Gasteiger partial charge < -0.3 is 19.9 Å². The molecule has 1 aliphatic rings. The van der Waals surface area contributed by atoms with Crippen molar-refractivity contribution in [3.05, 3.63) is 47.4 Å². The predicted molar refractivity (Wildman–Crippen MR) is 118 cm³/mol. The van der Waals surface area contributed by atoms with E-state index in [2.05, 4.69) is 5.32 Å². The second-order valence-electron chi connectivity index (χ2n) is 7.52. The minimum atomic E-state index is -1.01. The SMILES string of the molecule is COc1ccc(-c2csc(NC(=O)[C@H]3CC=CC[C@H]3C(=O)O)c2C(=O)OC(C)C)cc1. The Balaban J connectivity index is 1.94. The van der Waals surface area contributed by atoms with Gasteiger partial charge in [-0.1, -0.05) is 24.3 Å². The van der Waals surface area contributed by atoms with Crippen LogP contribution in [0, 0.1) is 11.8 Å². The fraction of sp³-hybridized carbons (Fsp3) is 0.348. The molecule has 1 aliphatic carbocycles. The van der Waals surface area contributed by atoms with Crippen LogP contribution in [0.4, 0.5) is 5.00 Å². The van der Waals surface area contributed by atoms with Crippen molar-refractivity contribution in [3.63, 3.8) is 0 Å². The molecule has 0 bridgehead atoms. The van der Waals surface area contributed by atoms with Crippen molar-refractivity contribution in [2.24, 2.45) is 11.8 Å². The number of methoxy groups -OCH3 is 1. The number of carboxylic acid groups (broad SMARTS) is 1. The summed E-state index contributed by atoms with van der Waals surface area (Å²) in [5, 5.41) is 14.4. The Kier molecular flexibility index (Phi) is 7.12. The number of aliphatic carboxylic acids is 1. The van der Waals surface area contributed by atoms with Crippen LogP contribution in [0.15, 0.2) is 41.8 Å². The highest BCUT2D eigenvalue weighted by molar-refractivity contribution is 7.15. The molecule has 0 aliphatic heterocycles. The lowest BCUT2D eigenvalue weighted by atomic mass is 9.82. The average Bonchev–Trinajstić information content (AvgIpc) is 3.16. The van der Waals surface area contributed by atoms with Gasteiger partial charge in [-0.3, -0.25) is 9.59 Å². The number of hydrogen-bond acceptors (Lipinski definition) is 6. The highest BCUT2D eigenvalue weighted by atomic mass is 32.1. The minimum Gasteiger partial charge on any atom is -0.497 e. The molecule has 0 saturated carbocycles. The number of ether oxygens (including phenoxy) is 2. The lowest BCUT2D eigenvalue weighted by Gasteiger charge is -2.24. The molecule has 1 heterocycles. The lowest BCUT2D eigenvalue weighted by molar-refractivity contribution is -0.146. The van der Waals surface area contributed by atoms with Gasteiger partial charge in [-0.15, -0.1) is 11.3 Å². The van der Waals surface area contributed by atoms with Gasteiger partial charge in [-0.05, 0) is 44.4 Å². The molecule has 2 N–H and O–H groups in total. The number of carbonyl (C=O) groups is 3. The summed E-state index contributed by atoms with van der Waals surface area (Å²) in [5.74, 6) is -2.79. The smallest absolute Gasteiger partial charge is 0.342 e. The van der Waals surface area contributed by atoms with Crippen molar-refractivity contribution in [1.29, 1.82) is 0 Å². The number of benzene rings is 1.